The van der Waals surface area contributed by atoms with Crippen LogP contribution in [0.1, 0.15) is 284 Å². The number of amides is 1. The predicted molar refractivity (Wildman–Crippen MR) is 356 cm³/mol. The van der Waals surface area contributed by atoms with Crippen LogP contribution in [-0.4, -0.2) is 193 Å². The summed E-state index contributed by atoms with van der Waals surface area (Å²) in [5.74, 6) is -0.288. The molecule has 3 saturated heterocycles. The number of nitrogens with one attached hydrogen (secondary N) is 1. The molecule has 3 aliphatic heterocycles. The molecule has 3 rings (SSSR count). The molecule has 12 N–H and O–H groups in total. The second-order valence-electron chi connectivity index (χ2n) is 26.4. The van der Waals surface area contributed by atoms with Crippen molar-refractivity contribution in [3.63, 3.8) is 0 Å². The highest BCUT2D eigenvalue weighted by atomic mass is 16.8. The van der Waals surface area contributed by atoms with Crippen molar-refractivity contribution in [1.82, 2.24) is 5.32 Å². The molecule has 0 spiro atoms. The van der Waals surface area contributed by atoms with Gasteiger partial charge in [0.15, 0.2) is 18.9 Å². The van der Waals surface area contributed by atoms with E-state index in [1.54, 1.807) is 6.08 Å². The van der Waals surface area contributed by atoms with Crippen LogP contribution in [-0.2, 0) is 33.2 Å². The Labute approximate surface area is 549 Å². The molecular weight excluding hydrogens is 1170 g/mol. The number of hydrogen-bond acceptors (Lipinski definition) is 18. The fourth-order valence-electron chi connectivity index (χ4n) is 12.5. The number of unbranched alkanes of at least 4 members (excludes halogenated alkanes) is 37. The van der Waals surface area contributed by atoms with Crippen LogP contribution in [0.2, 0.25) is 0 Å². The van der Waals surface area contributed by atoms with Crippen molar-refractivity contribution in [2.45, 2.75) is 388 Å². The number of aliphatic hydroxyl groups excluding tert-OH is 11. The summed E-state index contributed by atoms with van der Waals surface area (Å²) >= 11 is 0. The molecule has 0 bridgehead atoms. The summed E-state index contributed by atoms with van der Waals surface area (Å²) < 4.78 is 34.3. The van der Waals surface area contributed by atoms with Gasteiger partial charge in [0.1, 0.15) is 73.2 Å². The van der Waals surface area contributed by atoms with Crippen molar-refractivity contribution >= 4 is 5.91 Å². The van der Waals surface area contributed by atoms with Gasteiger partial charge in [0.05, 0.1) is 38.6 Å². The largest absolute Gasteiger partial charge is 0.394 e. The number of aliphatic hydroxyl groups is 11. The molecule has 19 heteroatoms. The molecule has 19 nitrogen and oxygen atoms in total. The zero-order chi connectivity index (χ0) is 66.1. The molecule has 17 atom stereocenters. The maximum absolute atomic E-state index is 13.4. The van der Waals surface area contributed by atoms with Crippen LogP contribution in [0, 0.1) is 0 Å². The first kappa shape index (κ1) is 83.2. The van der Waals surface area contributed by atoms with Crippen molar-refractivity contribution < 1.29 is 89.4 Å². The molecule has 0 aromatic heterocycles. The van der Waals surface area contributed by atoms with E-state index in [1.807, 2.05) is 6.08 Å². The van der Waals surface area contributed by atoms with Gasteiger partial charge in [-0.15, -0.1) is 0 Å². The average Bonchev–Trinajstić information content (AvgIpc) is 0.864. The average molecular weight is 1300 g/mol. The van der Waals surface area contributed by atoms with Gasteiger partial charge in [-0.1, -0.05) is 269 Å². The summed E-state index contributed by atoms with van der Waals surface area (Å²) in [7, 11) is 0. The number of hydrogen-bond donors (Lipinski definition) is 12. The van der Waals surface area contributed by atoms with E-state index >= 15 is 0 Å². The lowest BCUT2D eigenvalue weighted by molar-refractivity contribution is -0.379. The first-order valence-corrected chi connectivity index (χ1v) is 36.7. The normalized spacial score (nSPS) is 28.0. The van der Waals surface area contributed by atoms with Gasteiger partial charge in [0, 0.05) is 6.42 Å². The molecule has 0 saturated carbocycles. The summed E-state index contributed by atoms with van der Waals surface area (Å²) in [6.07, 6.45) is 37.3. The Morgan fingerprint density at radius 3 is 1.10 bits per heavy atom. The van der Waals surface area contributed by atoms with Gasteiger partial charge >= 0.3 is 0 Å². The van der Waals surface area contributed by atoms with E-state index in [4.69, 9.17) is 28.4 Å². The Morgan fingerprint density at radius 2 is 0.703 bits per heavy atom. The maximum Gasteiger partial charge on any atom is 0.220 e. The highest BCUT2D eigenvalue weighted by Gasteiger charge is 2.53. The minimum atomic E-state index is -1.98. The third-order valence-corrected chi connectivity index (χ3v) is 18.4. The fourth-order valence-corrected chi connectivity index (χ4v) is 12.5. The van der Waals surface area contributed by atoms with Crippen molar-refractivity contribution in [3.05, 3.63) is 36.5 Å². The van der Waals surface area contributed by atoms with Crippen molar-refractivity contribution in [3.8, 4) is 0 Å². The molecule has 91 heavy (non-hydrogen) atoms. The second-order valence-corrected chi connectivity index (χ2v) is 26.4. The predicted octanol–water partition coefficient (Wildman–Crippen LogP) is 10.4. The highest BCUT2D eigenvalue weighted by molar-refractivity contribution is 5.76. The van der Waals surface area contributed by atoms with Gasteiger partial charge in [-0.2, -0.15) is 0 Å². The van der Waals surface area contributed by atoms with E-state index < -0.39 is 124 Å². The zero-order valence-corrected chi connectivity index (χ0v) is 56.6. The van der Waals surface area contributed by atoms with Gasteiger partial charge in [-0.05, 0) is 44.9 Å². The maximum atomic E-state index is 13.4. The number of carbonyl (C=O) groups is 1. The molecule has 17 unspecified atom stereocenters. The molecule has 0 aliphatic carbocycles. The Kier molecular flexibility index (Phi) is 49.5. The van der Waals surface area contributed by atoms with Crippen LogP contribution in [0.4, 0.5) is 0 Å². The lowest BCUT2D eigenvalue weighted by Crippen LogP contribution is -2.66. The van der Waals surface area contributed by atoms with Crippen LogP contribution in [0.25, 0.3) is 0 Å². The summed E-state index contributed by atoms with van der Waals surface area (Å²) in [5, 5.41) is 120. The first-order valence-electron chi connectivity index (χ1n) is 36.7. The number of carbonyl (C=O) groups excluding carboxylic acids is 1. The van der Waals surface area contributed by atoms with E-state index in [0.717, 1.165) is 44.9 Å². The summed E-state index contributed by atoms with van der Waals surface area (Å²) in [4.78, 5) is 13.4. The minimum Gasteiger partial charge on any atom is -0.394 e. The molecular formula is C72H133NO18. The Bertz CT molecular complexity index is 1790. The van der Waals surface area contributed by atoms with Crippen LogP contribution in [0.15, 0.2) is 36.5 Å². The topological polar surface area (TPSA) is 307 Å². The SMILES string of the molecule is CCCCCCCCCCCCCCCCCCCCCCCCC/C=C/CC/C=C/CC/C=C/C(O)C(COC1OC(CO)C(OC2OC(CO)C(OC3OC(CO)C(O)C(O)C3O)C(O)C2O)C(O)C1O)NC(=O)CCCCCCCCCCCCCCC. The smallest absolute Gasteiger partial charge is 0.220 e. The van der Waals surface area contributed by atoms with Crippen molar-refractivity contribution in [2.24, 2.45) is 0 Å². The van der Waals surface area contributed by atoms with Crippen LogP contribution in [0.5, 0.6) is 0 Å². The van der Waals surface area contributed by atoms with Crippen molar-refractivity contribution in [1.29, 1.82) is 0 Å². The third-order valence-electron chi connectivity index (χ3n) is 18.4. The lowest BCUT2D eigenvalue weighted by atomic mass is 9.96. The Hall–Kier alpha value is -1.99. The number of rotatable bonds is 57. The van der Waals surface area contributed by atoms with Gasteiger partial charge < -0.3 is 89.9 Å². The molecule has 1 amide bonds. The zero-order valence-electron chi connectivity index (χ0n) is 56.6. The Morgan fingerprint density at radius 1 is 0.385 bits per heavy atom. The number of ether oxygens (including phenoxy) is 6. The molecule has 534 valence electrons. The van der Waals surface area contributed by atoms with Crippen LogP contribution >= 0.6 is 0 Å². The minimum absolute atomic E-state index is 0.235. The van der Waals surface area contributed by atoms with E-state index in [9.17, 15) is 61.0 Å². The summed E-state index contributed by atoms with van der Waals surface area (Å²) in [6, 6.07) is -0.994. The van der Waals surface area contributed by atoms with Gasteiger partial charge in [-0.3, -0.25) is 4.79 Å². The van der Waals surface area contributed by atoms with Gasteiger partial charge in [-0.25, -0.2) is 0 Å². The van der Waals surface area contributed by atoms with E-state index in [1.165, 1.54) is 205 Å². The number of allylic oxidation sites excluding steroid dienone is 5. The summed E-state index contributed by atoms with van der Waals surface area (Å²) in [6.45, 7) is 1.72. The fraction of sp³-hybridized carbons (Fsp3) is 0.903. The lowest BCUT2D eigenvalue weighted by Gasteiger charge is -2.48. The monoisotopic (exact) mass is 1300 g/mol. The van der Waals surface area contributed by atoms with Crippen molar-refractivity contribution in [2.75, 3.05) is 26.4 Å². The van der Waals surface area contributed by atoms with Crippen LogP contribution in [0.3, 0.4) is 0 Å². The molecule has 3 heterocycles. The van der Waals surface area contributed by atoms with Gasteiger partial charge in [0.25, 0.3) is 0 Å². The van der Waals surface area contributed by atoms with Gasteiger partial charge in [0.2, 0.25) is 5.91 Å². The molecule has 0 aromatic rings. The third kappa shape index (κ3) is 35.7. The standard InChI is InChI=1S/C72H133NO18/c1-3-5-7-9-11-13-15-17-18-19-20-21-22-23-24-25-26-27-28-29-30-31-32-33-34-35-36-38-39-41-43-45-47-49-56(77)55(73-60(78)50-48-46-44-42-40-37-16-14-12-10-8-6-4-2)54-86-70-66(84)63(81)68(58(52-75)88-70)91-72-67(85)64(82)69(59(53-76)89-72)90-71-65(83)62(80)61(79)57(51-74)87-71/h34-35,39,41,47,49,55-59,61-72,74-77,79-85H,3-33,36-38,40,42-46,48,50-54H2,1-2H3,(H,73,78)/b35-34+,41-39+,49-47+. The molecule has 3 aliphatic rings. The Balaban J connectivity index is 1.38. The van der Waals surface area contributed by atoms with E-state index in [2.05, 4.69) is 43.5 Å². The molecule has 0 radical (unpaired) electrons. The second kappa shape index (κ2) is 54.1. The quantitative estimate of drug-likeness (QED) is 0.0199. The van der Waals surface area contributed by atoms with E-state index in [-0.39, 0.29) is 18.9 Å². The first-order chi connectivity index (χ1) is 44.3. The molecule has 0 aromatic carbocycles. The van der Waals surface area contributed by atoms with E-state index in [0.29, 0.717) is 12.8 Å². The highest BCUT2D eigenvalue weighted by Crippen LogP contribution is 2.33. The molecule has 3 fully saturated rings. The van der Waals surface area contributed by atoms with Crippen LogP contribution < -0.4 is 5.32 Å². The summed E-state index contributed by atoms with van der Waals surface area (Å²) in [5.41, 5.74) is 0.